The van der Waals surface area contributed by atoms with Gasteiger partial charge in [0.2, 0.25) is 11.8 Å². The predicted octanol–water partition coefficient (Wildman–Crippen LogP) is 1.70. The van der Waals surface area contributed by atoms with E-state index in [4.69, 9.17) is 9.26 Å². The molecule has 1 unspecified atom stereocenters. The molecule has 0 saturated carbocycles. The molecule has 0 aliphatic carbocycles. The van der Waals surface area contributed by atoms with Gasteiger partial charge in [0.05, 0.1) is 23.9 Å². The van der Waals surface area contributed by atoms with Gasteiger partial charge in [0, 0.05) is 38.4 Å². The average molecular weight is 387 g/mol. The van der Waals surface area contributed by atoms with Crippen molar-refractivity contribution < 1.29 is 18.8 Å². The van der Waals surface area contributed by atoms with Crippen LogP contribution in [0.2, 0.25) is 0 Å². The van der Waals surface area contributed by atoms with Crippen LogP contribution in [0.5, 0.6) is 0 Å². The number of ether oxygens (including phenoxy) is 1. The third-order valence-electron chi connectivity index (χ3n) is 4.70. The molecular formula is C19H25N5O4. The zero-order valence-electron chi connectivity index (χ0n) is 16.3. The molecule has 9 nitrogen and oxygen atoms in total. The molecule has 1 saturated heterocycles. The van der Waals surface area contributed by atoms with Crippen molar-refractivity contribution in [2.24, 2.45) is 0 Å². The molecule has 1 atom stereocenters. The van der Waals surface area contributed by atoms with Crippen LogP contribution in [0.4, 0.5) is 11.7 Å². The van der Waals surface area contributed by atoms with E-state index in [0.29, 0.717) is 18.1 Å². The summed E-state index contributed by atoms with van der Waals surface area (Å²) in [4.78, 5) is 32.8. The lowest BCUT2D eigenvalue weighted by Gasteiger charge is -2.37. The summed E-state index contributed by atoms with van der Waals surface area (Å²) in [5.74, 6) is 0.676. The Hall–Kier alpha value is -2.94. The Morgan fingerprint density at radius 1 is 1.29 bits per heavy atom. The van der Waals surface area contributed by atoms with E-state index in [1.54, 1.807) is 26.0 Å². The summed E-state index contributed by atoms with van der Waals surface area (Å²) in [7, 11) is 0. The highest BCUT2D eigenvalue weighted by molar-refractivity contribution is 5.93. The number of hydrogen-bond donors (Lipinski definition) is 1. The number of nitrogens with zero attached hydrogens (tertiary/aromatic N) is 4. The topological polar surface area (TPSA) is 101 Å². The highest BCUT2D eigenvalue weighted by Gasteiger charge is 2.26. The van der Waals surface area contributed by atoms with Crippen molar-refractivity contribution in [3.8, 4) is 0 Å². The van der Waals surface area contributed by atoms with E-state index in [-0.39, 0.29) is 17.9 Å². The summed E-state index contributed by atoms with van der Waals surface area (Å²) in [5.41, 5.74) is 1.16. The molecule has 2 aromatic heterocycles. The SMILES string of the molecule is CCOC(=O)c1ccc(N2CCN(C(C)C(=O)Nc3cc(C)no3)CC2)nc1. The van der Waals surface area contributed by atoms with Crippen molar-refractivity contribution in [1.29, 1.82) is 0 Å². The Morgan fingerprint density at radius 2 is 2.04 bits per heavy atom. The molecule has 28 heavy (non-hydrogen) atoms. The maximum absolute atomic E-state index is 12.4. The number of aromatic nitrogens is 2. The first-order valence-corrected chi connectivity index (χ1v) is 9.34. The zero-order valence-corrected chi connectivity index (χ0v) is 16.3. The summed E-state index contributed by atoms with van der Waals surface area (Å²) in [5, 5.41) is 6.52. The quantitative estimate of drug-likeness (QED) is 0.748. The van der Waals surface area contributed by atoms with E-state index in [1.165, 1.54) is 6.20 Å². The minimum Gasteiger partial charge on any atom is -0.462 e. The fourth-order valence-electron chi connectivity index (χ4n) is 3.06. The van der Waals surface area contributed by atoms with Crippen LogP contribution in [0, 0.1) is 6.92 Å². The molecule has 0 radical (unpaired) electrons. The first kappa shape index (κ1) is 19.8. The van der Waals surface area contributed by atoms with Crippen molar-refractivity contribution in [3.63, 3.8) is 0 Å². The van der Waals surface area contributed by atoms with Crippen molar-refractivity contribution in [3.05, 3.63) is 35.7 Å². The van der Waals surface area contributed by atoms with Crippen LogP contribution in [0.25, 0.3) is 0 Å². The van der Waals surface area contributed by atoms with E-state index < -0.39 is 0 Å². The predicted molar refractivity (Wildman–Crippen MR) is 103 cm³/mol. The van der Waals surface area contributed by atoms with Gasteiger partial charge in [0.25, 0.3) is 0 Å². The number of piperazine rings is 1. The lowest BCUT2D eigenvalue weighted by Crippen LogP contribution is -2.53. The Balaban J connectivity index is 1.52. The fourth-order valence-corrected chi connectivity index (χ4v) is 3.06. The van der Waals surface area contributed by atoms with Crippen molar-refractivity contribution in [1.82, 2.24) is 15.0 Å². The van der Waals surface area contributed by atoms with Gasteiger partial charge in [0.1, 0.15) is 5.82 Å². The third-order valence-corrected chi connectivity index (χ3v) is 4.70. The average Bonchev–Trinajstić information content (AvgIpc) is 3.12. The maximum Gasteiger partial charge on any atom is 0.339 e. The summed E-state index contributed by atoms with van der Waals surface area (Å²) >= 11 is 0. The van der Waals surface area contributed by atoms with Gasteiger partial charge in [-0.3, -0.25) is 15.0 Å². The second-order valence-corrected chi connectivity index (χ2v) is 6.65. The molecule has 0 spiro atoms. The first-order valence-electron chi connectivity index (χ1n) is 9.34. The van der Waals surface area contributed by atoms with Gasteiger partial charge in [-0.2, -0.15) is 0 Å². The van der Waals surface area contributed by atoms with Gasteiger partial charge in [0.15, 0.2) is 0 Å². The molecule has 1 aliphatic rings. The number of esters is 1. The molecule has 150 valence electrons. The van der Waals surface area contributed by atoms with Crippen LogP contribution in [0.15, 0.2) is 28.9 Å². The van der Waals surface area contributed by atoms with Gasteiger partial charge >= 0.3 is 5.97 Å². The third kappa shape index (κ3) is 4.66. The number of pyridine rings is 1. The Labute approximate surface area is 163 Å². The Bertz CT molecular complexity index is 812. The first-order chi connectivity index (χ1) is 13.5. The number of carbonyl (C=O) groups is 2. The molecule has 1 aliphatic heterocycles. The summed E-state index contributed by atoms with van der Waals surface area (Å²) in [6.07, 6.45) is 1.54. The van der Waals surface area contributed by atoms with E-state index in [2.05, 4.69) is 25.3 Å². The van der Waals surface area contributed by atoms with Gasteiger partial charge in [-0.1, -0.05) is 5.16 Å². The smallest absolute Gasteiger partial charge is 0.339 e. The lowest BCUT2D eigenvalue weighted by atomic mass is 10.2. The van der Waals surface area contributed by atoms with Crippen LogP contribution in [-0.2, 0) is 9.53 Å². The number of aryl methyl sites for hydroxylation is 1. The maximum atomic E-state index is 12.4. The number of hydrogen-bond acceptors (Lipinski definition) is 8. The molecule has 3 heterocycles. The van der Waals surface area contributed by atoms with Crippen LogP contribution < -0.4 is 10.2 Å². The number of amides is 1. The molecule has 1 fully saturated rings. The second-order valence-electron chi connectivity index (χ2n) is 6.65. The summed E-state index contributed by atoms with van der Waals surface area (Å²) < 4.78 is 10.0. The molecule has 9 heteroatoms. The van der Waals surface area contributed by atoms with Gasteiger partial charge in [-0.15, -0.1) is 0 Å². The Morgan fingerprint density at radius 3 is 2.61 bits per heavy atom. The molecule has 1 N–H and O–H groups in total. The Kier molecular flexibility index (Phi) is 6.25. The number of anilines is 2. The normalized spacial score (nSPS) is 15.9. The van der Waals surface area contributed by atoms with E-state index in [1.807, 2.05) is 13.0 Å². The summed E-state index contributed by atoms with van der Waals surface area (Å²) in [6.45, 7) is 8.72. The van der Waals surface area contributed by atoms with Gasteiger partial charge in [-0.25, -0.2) is 9.78 Å². The van der Waals surface area contributed by atoms with Crippen LogP contribution >= 0.6 is 0 Å². The van der Waals surface area contributed by atoms with Crippen LogP contribution in [-0.4, -0.2) is 65.7 Å². The number of rotatable bonds is 6. The number of carbonyl (C=O) groups excluding carboxylic acids is 2. The van der Waals surface area contributed by atoms with E-state index in [9.17, 15) is 9.59 Å². The molecule has 3 rings (SSSR count). The highest BCUT2D eigenvalue weighted by Crippen LogP contribution is 2.17. The molecule has 2 aromatic rings. The molecule has 0 aromatic carbocycles. The van der Waals surface area contributed by atoms with Crippen LogP contribution in [0.1, 0.15) is 29.9 Å². The van der Waals surface area contributed by atoms with E-state index >= 15 is 0 Å². The van der Waals surface area contributed by atoms with Crippen molar-refractivity contribution in [2.45, 2.75) is 26.8 Å². The minimum absolute atomic E-state index is 0.124. The fraction of sp³-hybridized carbons (Fsp3) is 0.474. The highest BCUT2D eigenvalue weighted by atomic mass is 16.5. The largest absolute Gasteiger partial charge is 0.462 e. The molecule has 0 bridgehead atoms. The van der Waals surface area contributed by atoms with Gasteiger partial charge in [-0.05, 0) is 32.9 Å². The van der Waals surface area contributed by atoms with Crippen molar-refractivity contribution in [2.75, 3.05) is 43.0 Å². The standard InChI is InChI=1S/C19H25N5O4/c1-4-27-19(26)15-5-6-16(20-12-15)24-9-7-23(8-10-24)14(3)18(25)21-17-11-13(2)22-28-17/h5-6,11-12,14H,4,7-10H2,1-3H3,(H,21,25). The lowest BCUT2D eigenvalue weighted by molar-refractivity contribution is -0.121. The van der Waals surface area contributed by atoms with Crippen molar-refractivity contribution >= 4 is 23.6 Å². The minimum atomic E-state index is -0.367. The van der Waals surface area contributed by atoms with E-state index in [0.717, 1.165) is 37.7 Å². The van der Waals surface area contributed by atoms with Gasteiger partial charge < -0.3 is 14.2 Å². The second kappa shape index (κ2) is 8.83. The molecule has 1 amide bonds. The summed E-state index contributed by atoms with van der Waals surface area (Å²) in [6, 6.07) is 4.95. The molecular weight excluding hydrogens is 362 g/mol. The number of nitrogens with one attached hydrogen (secondary N) is 1. The monoisotopic (exact) mass is 387 g/mol. The van der Waals surface area contributed by atoms with Crippen LogP contribution in [0.3, 0.4) is 0 Å². The zero-order chi connectivity index (χ0) is 20.1.